The number of nitrogens with two attached hydrogens (primary N) is 1. The first-order valence-electron chi connectivity index (χ1n) is 9.59. The predicted molar refractivity (Wildman–Crippen MR) is 112 cm³/mol. The maximum Gasteiger partial charge on any atom is 0.150 e. The Hall–Kier alpha value is -3.24. The van der Waals surface area contributed by atoms with Crippen LogP contribution >= 0.6 is 0 Å². The van der Waals surface area contributed by atoms with Crippen LogP contribution in [0.2, 0.25) is 0 Å². The SMILES string of the molecule is N[C@@H](Cc1ccccc1)c1nnc(Cc2ccccc2)n1Cc1ccccc1. The lowest BCUT2D eigenvalue weighted by atomic mass is 10.1. The lowest BCUT2D eigenvalue weighted by molar-refractivity contribution is 0.599. The molecule has 0 amide bonds. The highest BCUT2D eigenvalue weighted by atomic mass is 15.3. The Labute approximate surface area is 165 Å². The van der Waals surface area contributed by atoms with Crippen LogP contribution < -0.4 is 5.73 Å². The van der Waals surface area contributed by atoms with E-state index in [-0.39, 0.29) is 6.04 Å². The first kappa shape index (κ1) is 18.1. The van der Waals surface area contributed by atoms with Crippen LogP contribution in [0.5, 0.6) is 0 Å². The van der Waals surface area contributed by atoms with Crippen molar-refractivity contribution in [2.24, 2.45) is 5.73 Å². The van der Waals surface area contributed by atoms with Crippen LogP contribution in [-0.4, -0.2) is 14.8 Å². The lowest BCUT2D eigenvalue weighted by Gasteiger charge is -2.15. The summed E-state index contributed by atoms with van der Waals surface area (Å²) in [5.74, 6) is 1.77. The zero-order valence-corrected chi connectivity index (χ0v) is 15.8. The number of rotatable bonds is 7. The van der Waals surface area contributed by atoms with Crippen LogP contribution in [0.4, 0.5) is 0 Å². The summed E-state index contributed by atoms with van der Waals surface area (Å²) in [5.41, 5.74) is 10.2. The number of aromatic nitrogens is 3. The van der Waals surface area contributed by atoms with Crippen molar-refractivity contribution >= 4 is 0 Å². The van der Waals surface area contributed by atoms with Crippen molar-refractivity contribution in [1.29, 1.82) is 0 Å². The molecule has 3 aromatic carbocycles. The average Bonchev–Trinajstić information content (AvgIpc) is 3.12. The Morgan fingerprint density at radius 1 is 0.679 bits per heavy atom. The molecule has 4 rings (SSSR count). The highest BCUT2D eigenvalue weighted by Gasteiger charge is 2.19. The summed E-state index contributed by atoms with van der Waals surface area (Å²) >= 11 is 0. The second-order valence-corrected chi connectivity index (χ2v) is 7.00. The highest BCUT2D eigenvalue weighted by molar-refractivity contribution is 5.23. The molecular formula is C24H24N4. The third-order valence-electron chi connectivity index (χ3n) is 4.87. The third kappa shape index (κ3) is 4.35. The standard InChI is InChI=1S/C24H24N4/c25-22(16-19-10-4-1-5-11-19)24-27-26-23(17-20-12-6-2-7-13-20)28(24)18-21-14-8-3-9-15-21/h1-15,22H,16-18,25H2/t22-/m0/s1. The van der Waals surface area contributed by atoms with Gasteiger partial charge >= 0.3 is 0 Å². The van der Waals surface area contributed by atoms with Gasteiger partial charge in [0.05, 0.1) is 12.6 Å². The summed E-state index contributed by atoms with van der Waals surface area (Å²) in [6.45, 7) is 0.716. The van der Waals surface area contributed by atoms with E-state index in [0.717, 1.165) is 24.5 Å². The van der Waals surface area contributed by atoms with E-state index in [1.54, 1.807) is 0 Å². The fourth-order valence-electron chi connectivity index (χ4n) is 3.43. The largest absolute Gasteiger partial charge is 0.321 e. The van der Waals surface area contributed by atoms with E-state index in [1.807, 2.05) is 30.3 Å². The van der Waals surface area contributed by atoms with Gasteiger partial charge in [0, 0.05) is 6.42 Å². The molecular weight excluding hydrogens is 344 g/mol. The van der Waals surface area contributed by atoms with Gasteiger partial charge < -0.3 is 10.3 Å². The van der Waals surface area contributed by atoms with Gasteiger partial charge in [-0.3, -0.25) is 0 Å². The van der Waals surface area contributed by atoms with Gasteiger partial charge in [-0.2, -0.15) is 0 Å². The van der Waals surface area contributed by atoms with Gasteiger partial charge in [0.15, 0.2) is 5.82 Å². The van der Waals surface area contributed by atoms with Crippen LogP contribution in [0, 0.1) is 0 Å². The number of hydrogen-bond acceptors (Lipinski definition) is 3. The molecule has 2 N–H and O–H groups in total. The summed E-state index contributed by atoms with van der Waals surface area (Å²) in [4.78, 5) is 0. The molecule has 4 aromatic rings. The summed E-state index contributed by atoms with van der Waals surface area (Å²) in [5, 5.41) is 9.00. The first-order chi connectivity index (χ1) is 13.8. The van der Waals surface area contributed by atoms with Crippen molar-refractivity contribution in [3.63, 3.8) is 0 Å². The van der Waals surface area contributed by atoms with Gasteiger partial charge in [0.25, 0.3) is 0 Å². The fourth-order valence-corrected chi connectivity index (χ4v) is 3.43. The van der Waals surface area contributed by atoms with Crippen LogP contribution in [0.3, 0.4) is 0 Å². The van der Waals surface area contributed by atoms with Crippen molar-refractivity contribution < 1.29 is 0 Å². The molecule has 0 fully saturated rings. The summed E-state index contributed by atoms with van der Waals surface area (Å²) in [7, 11) is 0. The van der Waals surface area contributed by atoms with Crippen molar-refractivity contribution in [1.82, 2.24) is 14.8 Å². The van der Waals surface area contributed by atoms with Gasteiger partial charge in [-0.25, -0.2) is 0 Å². The zero-order valence-electron chi connectivity index (χ0n) is 15.8. The molecule has 0 bridgehead atoms. The van der Waals surface area contributed by atoms with Crippen LogP contribution in [0.25, 0.3) is 0 Å². The molecule has 0 saturated heterocycles. The van der Waals surface area contributed by atoms with E-state index in [0.29, 0.717) is 6.54 Å². The molecule has 1 atom stereocenters. The smallest absolute Gasteiger partial charge is 0.150 e. The van der Waals surface area contributed by atoms with Crippen molar-refractivity contribution in [3.05, 3.63) is 119 Å². The molecule has 0 aliphatic heterocycles. The van der Waals surface area contributed by atoms with Gasteiger partial charge in [-0.05, 0) is 23.1 Å². The molecule has 0 aliphatic carbocycles. The van der Waals surface area contributed by atoms with Crippen molar-refractivity contribution in [3.8, 4) is 0 Å². The normalized spacial score (nSPS) is 12.0. The van der Waals surface area contributed by atoms with E-state index < -0.39 is 0 Å². The molecule has 1 heterocycles. The second kappa shape index (κ2) is 8.63. The molecule has 4 heteroatoms. The van der Waals surface area contributed by atoms with Crippen LogP contribution in [0.1, 0.15) is 34.4 Å². The van der Waals surface area contributed by atoms with Gasteiger partial charge in [0.2, 0.25) is 0 Å². The van der Waals surface area contributed by atoms with E-state index in [4.69, 9.17) is 5.73 Å². The Morgan fingerprint density at radius 3 is 1.82 bits per heavy atom. The number of nitrogens with zero attached hydrogens (tertiary/aromatic N) is 3. The van der Waals surface area contributed by atoms with Gasteiger partial charge in [-0.1, -0.05) is 91.0 Å². The number of hydrogen-bond donors (Lipinski definition) is 1. The van der Waals surface area contributed by atoms with Crippen molar-refractivity contribution in [2.75, 3.05) is 0 Å². The van der Waals surface area contributed by atoms with Gasteiger partial charge in [-0.15, -0.1) is 10.2 Å². The first-order valence-corrected chi connectivity index (χ1v) is 9.59. The van der Waals surface area contributed by atoms with E-state index in [9.17, 15) is 0 Å². The minimum Gasteiger partial charge on any atom is -0.321 e. The maximum absolute atomic E-state index is 6.56. The topological polar surface area (TPSA) is 56.7 Å². The van der Waals surface area contributed by atoms with E-state index >= 15 is 0 Å². The Kier molecular flexibility index (Phi) is 5.59. The highest BCUT2D eigenvalue weighted by Crippen LogP contribution is 2.19. The molecule has 0 saturated carbocycles. The Bertz CT molecular complexity index is 995. The predicted octanol–water partition coefficient (Wildman–Crippen LogP) is 4.16. The number of benzene rings is 3. The molecule has 4 nitrogen and oxygen atoms in total. The van der Waals surface area contributed by atoms with Crippen LogP contribution in [-0.2, 0) is 19.4 Å². The molecule has 0 radical (unpaired) electrons. The molecule has 28 heavy (non-hydrogen) atoms. The van der Waals surface area contributed by atoms with E-state index in [2.05, 4.69) is 75.4 Å². The lowest BCUT2D eigenvalue weighted by Crippen LogP contribution is -2.20. The fraction of sp³-hybridized carbons (Fsp3) is 0.167. The molecule has 0 unspecified atom stereocenters. The summed E-state index contributed by atoms with van der Waals surface area (Å²) < 4.78 is 2.18. The molecule has 0 spiro atoms. The summed E-state index contributed by atoms with van der Waals surface area (Å²) in [6, 6.07) is 30.8. The minimum atomic E-state index is -0.205. The molecule has 140 valence electrons. The Balaban J connectivity index is 1.65. The molecule has 1 aromatic heterocycles. The summed E-state index contributed by atoms with van der Waals surface area (Å²) in [6.07, 6.45) is 1.47. The third-order valence-corrected chi connectivity index (χ3v) is 4.87. The average molecular weight is 368 g/mol. The minimum absolute atomic E-state index is 0.205. The van der Waals surface area contributed by atoms with Gasteiger partial charge in [0.1, 0.15) is 5.82 Å². The van der Waals surface area contributed by atoms with E-state index in [1.165, 1.54) is 16.7 Å². The van der Waals surface area contributed by atoms with Crippen LogP contribution in [0.15, 0.2) is 91.0 Å². The Morgan fingerprint density at radius 2 is 1.21 bits per heavy atom. The molecule has 0 aliphatic rings. The quantitative estimate of drug-likeness (QED) is 0.533. The second-order valence-electron chi connectivity index (χ2n) is 7.00. The zero-order chi connectivity index (χ0) is 19.2. The maximum atomic E-state index is 6.56. The monoisotopic (exact) mass is 368 g/mol. The van der Waals surface area contributed by atoms with Crippen molar-refractivity contribution in [2.45, 2.75) is 25.4 Å².